The van der Waals surface area contributed by atoms with Gasteiger partial charge in [0.15, 0.2) is 23.8 Å². The van der Waals surface area contributed by atoms with Crippen LogP contribution in [0.2, 0.25) is 0 Å². The predicted octanol–water partition coefficient (Wildman–Crippen LogP) is 3.14. The highest BCUT2D eigenvalue weighted by Crippen LogP contribution is 2.47. The minimum absolute atomic E-state index is 0. The molecule has 0 aromatic rings. The first kappa shape index (κ1) is 54.1. The zero-order chi connectivity index (χ0) is 39.6. The van der Waals surface area contributed by atoms with E-state index < -0.39 is 73.4 Å². The minimum atomic E-state index is -3.27. The molecule has 53 heavy (non-hydrogen) atoms. The van der Waals surface area contributed by atoms with Gasteiger partial charge in [0.2, 0.25) is 0 Å². The van der Waals surface area contributed by atoms with Crippen molar-refractivity contribution in [2.75, 3.05) is 40.7 Å². The molecule has 0 bridgehead atoms. The number of hydrogen-bond acceptors (Lipinski definition) is 18. The Kier molecular flexibility index (Phi) is 26.2. The van der Waals surface area contributed by atoms with Gasteiger partial charge in [-0.05, 0) is 81.4 Å². The quantitative estimate of drug-likeness (QED) is 0.115. The van der Waals surface area contributed by atoms with E-state index in [4.69, 9.17) is 37.5 Å². The van der Waals surface area contributed by atoms with Crippen molar-refractivity contribution in [2.24, 2.45) is 0 Å². The van der Waals surface area contributed by atoms with Crippen LogP contribution in [0.1, 0.15) is 69.2 Å². The van der Waals surface area contributed by atoms with Crippen molar-refractivity contribution in [3.8, 4) is 0 Å². The van der Waals surface area contributed by atoms with Crippen LogP contribution in [0.3, 0.4) is 0 Å². The molecule has 0 spiro atoms. The third kappa shape index (κ3) is 21.9. The van der Waals surface area contributed by atoms with E-state index in [0.29, 0.717) is 0 Å². The lowest BCUT2D eigenvalue weighted by atomic mass is 10.2. The topological polar surface area (TPSA) is 270 Å². The third-order valence-corrected chi connectivity index (χ3v) is 7.83. The summed E-state index contributed by atoms with van der Waals surface area (Å²) in [6, 6.07) is 0. The molecule has 2 fully saturated rings. The van der Waals surface area contributed by atoms with Gasteiger partial charge < -0.3 is 63.3 Å². The zero-order valence-corrected chi connectivity index (χ0v) is 33.9. The van der Waals surface area contributed by atoms with Crippen LogP contribution in [-0.4, -0.2) is 124 Å². The van der Waals surface area contributed by atoms with Crippen LogP contribution in [0.25, 0.3) is 0 Å². The van der Waals surface area contributed by atoms with Crippen LogP contribution in [0.15, 0.2) is 24.3 Å². The van der Waals surface area contributed by atoms with Gasteiger partial charge in [0.1, 0.15) is 18.4 Å². The molecule has 2 aliphatic heterocycles. The number of hydrogen-bond donors (Lipinski definition) is 1. The van der Waals surface area contributed by atoms with Gasteiger partial charge in [-0.3, -0.25) is 9.36 Å². The van der Waals surface area contributed by atoms with Crippen LogP contribution < -0.4 is 6.15 Å². The summed E-state index contributed by atoms with van der Waals surface area (Å²) >= 11 is 0. The Balaban J connectivity index is -0.000000709. The lowest BCUT2D eigenvalue weighted by molar-refractivity contribution is -0.175. The SMILES string of the molecule is CC(C)OC(=O)[C@H]1OC(C)(C)O[C@@H]1C(=O)OC(C)C.CCOP(=O)(CC(=O)OC)OCC.COC(=O)/C=C/[C@H]1OC(C)(C)O[C@@H]1/C=C/C(=O)OC.N.O. The monoisotopic (exact) mass is 789 g/mol. The second-order valence-electron chi connectivity index (χ2n) is 12.0. The standard InChI is InChI=1S/C13H18O6.C13H22O6.C7H15O5P.H3N.H2O/c1-13(2)18-9(5-7-11(14)16-3)10(19-13)6-8-12(15)17-4;1-7(2)16-11(14)9-10(12(15)17-8(3)4)19-13(5,6)18-9;1-4-11-13(9,12-5-2)6-7(8)10-3;;/h5-10H,1-4H3;7-10H,1-6H3;4-6H2,1-3H3;1H3;1H2/b7-5+,8-6+;;;;/t2*9-,10-;;;/m10.../s1. The van der Waals surface area contributed by atoms with Crippen LogP contribution in [0.4, 0.5) is 0 Å². The van der Waals surface area contributed by atoms with Crippen molar-refractivity contribution < 1.29 is 85.7 Å². The largest absolute Gasteiger partial charge is 0.469 e. The maximum atomic E-state index is 11.9. The van der Waals surface area contributed by atoms with Crippen molar-refractivity contribution in [3.63, 3.8) is 0 Å². The van der Waals surface area contributed by atoms with Gasteiger partial charge in [0, 0.05) is 12.2 Å². The van der Waals surface area contributed by atoms with E-state index >= 15 is 0 Å². The van der Waals surface area contributed by atoms with Gasteiger partial charge in [-0.15, -0.1) is 0 Å². The second kappa shape index (κ2) is 25.7. The van der Waals surface area contributed by atoms with E-state index in [1.54, 1.807) is 69.2 Å². The molecule has 2 saturated heterocycles. The van der Waals surface area contributed by atoms with Gasteiger partial charge in [-0.1, -0.05) is 0 Å². The average molecular weight is 790 g/mol. The molecule has 2 aliphatic rings. The maximum absolute atomic E-state index is 11.9. The van der Waals surface area contributed by atoms with Crippen LogP contribution in [0, 0.1) is 0 Å². The minimum Gasteiger partial charge on any atom is -0.469 e. The van der Waals surface area contributed by atoms with Crippen LogP contribution in [-0.2, 0) is 80.2 Å². The Bertz CT molecular complexity index is 1170. The fourth-order valence-corrected chi connectivity index (χ4v) is 5.54. The zero-order valence-electron chi connectivity index (χ0n) is 33.0. The Hall–Kier alpha value is -3.26. The Morgan fingerprint density at radius 1 is 0.660 bits per heavy atom. The molecule has 2 rings (SSSR count). The van der Waals surface area contributed by atoms with E-state index in [0.717, 1.165) is 0 Å². The van der Waals surface area contributed by atoms with Crippen LogP contribution >= 0.6 is 7.60 Å². The summed E-state index contributed by atoms with van der Waals surface area (Å²) < 4.78 is 66.9. The molecule has 310 valence electrons. The van der Waals surface area contributed by atoms with E-state index in [1.807, 2.05) is 0 Å². The first-order valence-electron chi connectivity index (χ1n) is 16.2. The summed E-state index contributed by atoms with van der Waals surface area (Å²) in [6.45, 7) is 17.5. The van der Waals surface area contributed by atoms with Crippen molar-refractivity contribution in [3.05, 3.63) is 24.3 Å². The normalized spacial score (nSPS) is 21.3. The van der Waals surface area contributed by atoms with Gasteiger partial charge >= 0.3 is 37.4 Å². The molecule has 0 amide bonds. The number of rotatable bonds is 14. The molecule has 0 radical (unpaired) electrons. The first-order chi connectivity index (χ1) is 23.6. The Morgan fingerprint density at radius 3 is 1.28 bits per heavy atom. The smallest absolute Gasteiger partial charge is 0.341 e. The fourth-order valence-electron chi connectivity index (χ4n) is 4.05. The van der Waals surface area contributed by atoms with Crippen molar-refractivity contribution in [1.82, 2.24) is 6.15 Å². The van der Waals surface area contributed by atoms with Gasteiger partial charge in [-0.2, -0.15) is 0 Å². The van der Waals surface area contributed by atoms with Gasteiger partial charge in [0.25, 0.3) is 0 Å². The number of methoxy groups -OCH3 is 3. The summed E-state index contributed by atoms with van der Waals surface area (Å²) in [6.07, 6.45) is 1.54. The lowest BCUT2D eigenvalue weighted by Gasteiger charge is -2.17. The summed E-state index contributed by atoms with van der Waals surface area (Å²) in [5.41, 5.74) is 0. The molecule has 19 nitrogen and oxygen atoms in total. The Morgan fingerprint density at radius 2 is 1.00 bits per heavy atom. The molecular formula is C33H60NO18P. The van der Waals surface area contributed by atoms with E-state index in [2.05, 4.69) is 14.2 Å². The molecule has 0 aromatic carbocycles. The maximum Gasteiger partial charge on any atom is 0.341 e. The molecule has 20 heteroatoms. The number of esters is 5. The van der Waals surface area contributed by atoms with Crippen LogP contribution in [0.5, 0.6) is 0 Å². The third-order valence-electron chi connectivity index (χ3n) is 5.88. The highest BCUT2D eigenvalue weighted by atomic mass is 31.2. The van der Waals surface area contributed by atoms with Crippen molar-refractivity contribution >= 4 is 37.4 Å². The fraction of sp³-hybridized carbons (Fsp3) is 0.727. The summed E-state index contributed by atoms with van der Waals surface area (Å²) in [5, 5.41) is 0. The molecule has 0 aliphatic carbocycles. The second-order valence-corrected chi connectivity index (χ2v) is 14.0. The molecule has 2 heterocycles. The number of carbonyl (C=O) groups excluding carboxylic acids is 5. The predicted molar refractivity (Wildman–Crippen MR) is 189 cm³/mol. The molecule has 0 saturated carbocycles. The molecular weight excluding hydrogens is 729 g/mol. The van der Waals surface area contributed by atoms with Crippen molar-refractivity contribution in [1.29, 1.82) is 0 Å². The Labute approximate surface area is 311 Å². The molecule has 4 atom stereocenters. The van der Waals surface area contributed by atoms with E-state index in [-0.39, 0.29) is 43.2 Å². The van der Waals surface area contributed by atoms with Crippen molar-refractivity contribution in [2.45, 2.75) is 117 Å². The highest BCUT2D eigenvalue weighted by Gasteiger charge is 2.51. The summed E-state index contributed by atoms with van der Waals surface area (Å²) in [5.74, 6) is -4.62. The lowest BCUT2D eigenvalue weighted by Crippen LogP contribution is -2.40. The van der Waals surface area contributed by atoms with E-state index in [1.165, 1.54) is 45.6 Å². The number of carbonyl (C=O) groups is 5. The summed E-state index contributed by atoms with van der Waals surface area (Å²) in [4.78, 5) is 56.7. The average Bonchev–Trinajstić information content (AvgIpc) is 3.52. The van der Waals surface area contributed by atoms with Gasteiger partial charge in [0.05, 0.1) is 46.8 Å². The van der Waals surface area contributed by atoms with E-state index in [9.17, 15) is 28.5 Å². The highest BCUT2D eigenvalue weighted by molar-refractivity contribution is 7.54. The number of ether oxygens (including phenoxy) is 9. The molecule has 5 N–H and O–H groups in total. The first-order valence-corrected chi connectivity index (χ1v) is 17.9. The molecule has 0 aromatic heterocycles. The van der Waals surface area contributed by atoms with Gasteiger partial charge in [-0.25, -0.2) is 19.2 Å². The molecule has 0 unspecified atom stereocenters. The summed E-state index contributed by atoms with van der Waals surface area (Å²) in [7, 11) is 0.538.